The quantitative estimate of drug-likeness (QED) is 0.682. The number of furan rings is 2. The van der Waals surface area contributed by atoms with E-state index in [4.69, 9.17) is 8.83 Å². The number of imide groups is 2. The van der Waals surface area contributed by atoms with Crippen LogP contribution in [0.15, 0.2) is 51.2 Å². The minimum Gasteiger partial charge on any atom is -0.467 e. The molecular formula is C14H10N2O5. The molecular weight excluding hydrogens is 276 g/mol. The summed E-state index contributed by atoms with van der Waals surface area (Å²) in [5.41, 5.74) is -0.170. The van der Waals surface area contributed by atoms with Gasteiger partial charge in [0.15, 0.2) is 0 Å². The van der Waals surface area contributed by atoms with E-state index in [-0.39, 0.29) is 12.1 Å². The lowest BCUT2D eigenvalue weighted by Crippen LogP contribution is -2.53. The number of hydrogen-bond acceptors (Lipinski definition) is 5. The monoisotopic (exact) mass is 286 g/mol. The highest BCUT2D eigenvalue weighted by Crippen LogP contribution is 2.17. The Labute approximate surface area is 118 Å². The van der Waals surface area contributed by atoms with E-state index in [1.54, 1.807) is 24.3 Å². The van der Waals surface area contributed by atoms with E-state index in [2.05, 4.69) is 5.32 Å². The van der Waals surface area contributed by atoms with Crippen LogP contribution < -0.4 is 5.32 Å². The van der Waals surface area contributed by atoms with Crippen molar-refractivity contribution in [2.45, 2.75) is 6.54 Å². The maximum atomic E-state index is 12.3. The van der Waals surface area contributed by atoms with E-state index in [9.17, 15) is 14.4 Å². The first kappa shape index (κ1) is 12.9. The number of hydrogen-bond donors (Lipinski definition) is 1. The number of nitrogens with one attached hydrogen (secondary N) is 1. The molecule has 0 aliphatic carbocycles. The van der Waals surface area contributed by atoms with Crippen molar-refractivity contribution in [3.05, 3.63) is 53.9 Å². The van der Waals surface area contributed by atoms with Crippen LogP contribution in [0.25, 0.3) is 6.08 Å². The highest BCUT2D eigenvalue weighted by molar-refractivity contribution is 6.30. The molecule has 3 rings (SSSR count). The van der Waals surface area contributed by atoms with Crippen molar-refractivity contribution in [1.29, 1.82) is 0 Å². The molecule has 2 aromatic heterocycles. The van der Waals surface area contributed by atoms with Gasteiger partial charge < -0.3 is 8.83 Å². The second-order valence-corrected chi connectivity index (χ2v) is 4.30. The molecule has 1 fully saturated rings. The molecule has 1 aliphatic rings. The van der Waals surface area contributed by atoms with Crippen molar-refractivity contribution in [3.8, 4) is 0 Å². The van der Waals surface area contributed by atoms with Gasteiger partial charge in [0.25, 0.3) is 11.8 Å². The fourth-order valence-corrected chi connectivity index (χ4v) is 1.91. The minimum absolute atomic E-state index is 0.0551. The van der Waals surface area contributed by atoms with Crippen LogP contribution in [-0.4, -0.2) is 22.7 Å². The van der Waals surface area contributed by atoms with Crippen LogP contribution in [0.4, 0.5) is 4.79 Å². The molecule has 0 bridgehead atoms. The molecule has 3 heterocycles. The Morgan fingerprint density at radius 1 is 1.10 bits per heavy atom. The van der Waals surface area contributed by atoms with Gasteiger partial charge in [-0.05, 0) is 30.3 Å². The van der Waals surface area contributed by atoms with E-state index in [1.807, 2.05) is 0 Å². The lowest BCUT2D eigenvalue weighted by atomic mass is 10.1. The van der Waals surface area contributed by atoms with E-state index in [1.165, 1.54) is 18.6 Å². The van der Waals surface area contributed by atoms with Crippen LogP contribution >= 0.6 is 0 Å². The van der Waals surface area contributed by atoms with Gasteiger partial charge in [0, 0.05) is 0 Å². The van der Waals surface area contributed by atoms with Crippen LogP contribution in [0.2, 0.25) is 0 Å². The first-order valence-electron chi connectivity index (χ1n) is 6.10. The van der Waals surface area contributed by atoms with Crippen molar-refractivity contribution >= 4 is 23.9 Å². The molecule has 0 unspecified atom stereocenters. The zero-order valence-electron chi connectivity index (χ0n) is 10.7. The van der Waals surface area contributed by atoms with E-state index < -0.39 is 17.8 Å². The predicted octanol–water partition coefficient (Wildman–Crippen LogP) is 1.53. The van der Waals surface area contributed by atoms with Gasteiger partial charge in [0.2, 0.25) is 0 Å². The lowest BCUT2D eigenvalue weighted by molar-refractivity contribution is -0.130. The summed E-state index contributed by atoms with van der Waals surface area (Å²) >= 11 is 0. The van der Waals surface area contributed by atoms with Crippen molar-refractivity contribution in [1.82, 2.24) is 10.2 Å². The number of barbiturate groups is 1. The number of amides is 4. The smallest absolute Gasteiger partial charge is 0.331 e. The maximum absolute atomic E-state index is 12.3. The third kappa shape index (κ3) is 2.48. The van der Waals surface area contributed by atoms with Gasteiger partial charge in [-0.1, -0.05) is 0 Å². The molecule has 2 aromatic rings. The minimum atomic E-state index is -0.780. The highest BCUT2D eigenvalue weighted by atomic mass is 16.3. The maximum Gasteiger partial charge on any atom is 0.331 e. The first-order chi connectivity index (χ1) is 10.1. The second kappa shape index (κ2) is 5.12. The Kier molecular flexibility index (Phi) is 3.15. The van der Waals surface area contributed by atoms with E-state index >= 15 is 0 Å². The summed E-state index contributed by atoms with van der Waals surface area (Å²) in [7, 11) is 0. The Bertz CT molecular complexity index is 713. The first-order valence-corrected chi connectivity index (χ1v) is 6.10. The number of carbonyl (C=O) groups excluding carboxylic acids is 3. The lowest BCUT2D eigenvalue weighted by Gasteiger charge is -2.25. The normalized spacial score (nSPS) is 17.4. The zero-order valence-corrected chi connectivity index (χ0v) is 10.7. The van der Waals surface area contributed by atoms with Gasteiger partial charge in [0.1, 0.15) is 17.1 Å². The van der Waals surface area contributed by atoms with Crippen molar-refractivity contribution in [3.63, 3.8) is 0 Å². The van der Waals surface area contributed by atoms with Gasteiger partial charge in [0.05, 0.1) is 19.1 Å². The van der Waals surface area contributed by atoms with Gasteiger partial charge in [-0.2, -0.15) is 0 Å². The second-order valence-electron chi connectivity index (χ2n) is 4.30. The van der Waals surface area contributed by atoms with Gasteiger partial charge >= 0.3 is 6.03 Å². The number of urea groups is 1. The topological polar surface area (TPSA) is 92.8 Å². The summed E-state index contributed by atoms with van der Waals surface area (Å²) < 4.78 is 10.2. The number of carbonyl (C=O) groups is 3. The SMILES string of the molecule is O=C1NC(=O)N(Cc2ccco2)C(=O)/C1=C\c1ccco1. The van der Waals surface area contributed by atoms with Crippen molar-refractivity contribution < 1.29 is 23.2 Å². The molecule has 21 heavy (non-hydrogen) atoms. The Hall–Kier alpha value is -3.09. The molecule has 106 valence electrons. The average Bonchev–Trinajstić information content (AvgIpc) is 3.13. The van der Waals surface area contributed by atoms with Crippen molar-refractivity contribution in [2.24, 2.45) is 0 Å². The molecule has 0 saturated carbocycles. The Morgan fingerprint density at radius 3 is 2.52 bits per heavy atom. The summed E-state index contributed by atoms with van der Waals surface area (Å²) in [5.74, 6) is -0.667. The number of nitrogens with zero attached hydrogens (tertiary/aromatic N) is 1. The van der Waals surface area contributed by atoms with Gasteiger partial charge in [-0.25, -0.2) is 4.79 Å². The standard InChI is InChI=1S/C14H10N2O5/c17-12-11(7-9-3-1-5-20-9)13(18)16(14(19)15-12)8-10-4-2-6-21-10/h1-7H,8H2,(H,15,17,19)/b11-7-. The molecule has 7 heteroatoms. The molecule has 4 amide bonds. The summed E-state index contributed by atoms with van der Waals surface area (Å²) in [6.07, 6.45) is 4.15. The van der Waals surface area contributed by atoms with E-state index in [0.717, 1.165) is 4.90 Å². The van der Waals surface area contributed by atoms with Crippen LogP contribution in [0.5, 0.6) is 0 Å². The molecule has 1 saturated heterocycles. The summed E-state index contributed by atoms with van der Waals surface area (Å²) in [6.45, 7) is -0.0551. The summed E-state index contributed by atoms with van der Waals surface area (Å²) in [6, 6.07) is 5.72. The molecule has 0 spiro atoms. The Balaban J connectivity index is 1.90. The summed E-state index contributed by atoms with van der Waals surface area (Å²) in [5, 5.41) is 2.11. The third-order valence-electron chi connectivity index (χ3n) is 2.91. The van der Waals surface area contributed by atoms with Crippen LogP contribution in [0, 0.1) is 0 Å². The van der Waals surface area contributed by atoms with Crippen LogP contribution in [0.1, 0.15) is 11.5 Å². The largest absolute Gasteiger partial charge is 0.467 e. The molecule has 0 atom stereocenters. The number of rotatable bonds is 3. The molecule has 1 N–H and O–H groups in total. The summed E-state index contributed by atoms with van der Waals surface area (Å²) in [4.78, 5) is 36.7. The fourth-order valence-electron chi connectivity index (χ4n) is 1.91. The van der Waals surface area contributed by atoms with E-state index in [0.29, 0.717) is 11.5 Å². The molecule has 0 radical (unpaired) electrons. The fraction of sp³-hybridized carbons (Fsp3) is 0.0714. The predicted molar refractivity (Wildman–Crippen MR) is 69.5 cm³/mol. The Morgan fingerprint density at radius 2 is 1.86 bits per heavy atom. The molecule has 7 nitrogen and oxygen atoms in total. The van der Waals surface area contributed by atoms with Crippen LogP contribution in [-0.2, 0) is 16.1 Å². The molecule has 1 aliphatic heterocycles. The van der Waals surface area contributed by atoms with Crippen molar-refractivity contribution in [2.75, 3.05) is 0 Å². The molecule has 0 aromatic carbocycles. The zero-order chi connectivity index (χ0) is 14.8. The van der Waals surface area contributed by atoms with Gasteiger partial charge in [-0.15, -0.1) is 0 Å². The van der Waals surface area contributed by atoms with Gasteiger partial charge in [-0.3, -0.25) is 19.8 Å². The third-order valence-corrected chi connectivity index (χ3v) is 2.91. The van der Waals surface area contributed by atoms with Crippen LogP contribution in [0.3, 0.4) is 0 Å². The average molecular weight is 286 g/mol. The highest BCUT2D eigenvalue weighted by Gasteiger charge is 2.36.